The smallest absolute Gasteiger partial charge is 0.338 e. The van der Waals surface area contributed by atoms with Gasteiger partial charge in [0, 0.05) is 19.1 Å². The summed E-state index contributed by atoms with van der Waals surface area (Å²) in [4.78, 5) is 13.6. The van der Waals surface area contributed by atoms with E-state index in [-0.39, 0.29) is 30.5 Å². The first-order chi connectivity index (χ1) is 11.3. The first kappa shape index (κ1) is 18.4. The van der Waals surface area contributed by atoms with Crippen LogP contribution in [0.3, 0.4) is 0 Å². The third-order valence-corrected chi connectivity index (χ3v) is 5.73. The van der Waals surface area contributed by atoms with E-state index in [1.807, 2.05) is 4.90 Å². The van der Waals surface area contributed by atoms with Crippen LogP contribution in [-0.2, 0) is 14.8 Å². The monoisotopic (exact) mass is 354 g/mol. The quantitative estimate of drug-likeness (QED) is 0.552. The maximum atomic E-state index is 12.8. The second-order valence-corrected chi connectivity index (χ2v) is 7.57. The van der Waals surface area contributed by atoms with Crippen LogP contribution in [0.15, 0.2) is 24.3 Å². The van der Waals surface area contributed by atoms with Gasteiger partial charge in [0.1, 0.15) is 12.4 Å². The van der Waals surface area contributed by atoms with Crippen LogP contribution >= 0.6 is 0 Å². The van der Waals surface area contributed by atoms with E-state index < -0.39 is 21.8 Å². The summed E-state index contributed by atoms with van der Waals surface area (Å²) in [5.41, 5.74) is 0.266. The molecular weight excluding hydrogens is 335 g/mol. The molecule has 0 bridgehead atoms. The maximum absolute atomic E-state index is 12.8. The molecule has 8 heteroatoms. The van der Waals surface area contributed by atoms with Crippen LogP contribution in [0.4, 0.5) is 4.39 Å². The van der Waals surface area contributed by atoms with E-state index in [0.717, 1.165) is 0 Å². The molecule has 0 saturated carbocycles. The number of sulfonamides is 1. The van der Waals surface area contributed by atoms with Gasteiger partial charge in [-0.15, -0.1) is 6.42 Å². The SMILES string of the molecule is C#CCN1CC(N(C)CCOC(=O)c2ccc(F)cc2)CS1(=O)=O. The summed E-state index contributed by atoms with van der Waals surface area (Å²) in [5, 5.41) is 0. The first-order valence-corrected chi connectivity index (χ1v) is 8.98. The van der Waals surface area contributed by atoms with E-state index in [2.05, 4.69) is 5.92 Å². The molecular formula is C16H19FN2O4S. The van der Waals surface area contributed by atoms with Crippen molar-refractivity contribution in [2.45, 2.75) is 6.04 Å². The molecule has 1 aliphatic heterocycles. The average Bonchev–Trinajstić information content (AvgIpc) is 2.83. The molecule has 0 amide bonds. The van der Waals surface area contributed by atoms with Crippen molar-refractivity contribution < 1.29 is 22.3 Å². The Balaban J connectivity index is 1.81. The van der Waals surface area contributed by atoms with Crippen LogP contribution in [0.2, 0.25) is 0 Å². The number of rotatable bonds is 6. The summed E-state index contributed by atoms with van der Waals surface area (Å²) in [6.07, 6.45) is 5.18. The molecule has 1 aromatic carbocycles. The highest BCUT2D eigenvalue weighted by Gasteiger charge is 2.37. The van der Waals surface area contributed by atoms with Gasteiger partial charge in [-0.2, -0.15) is 4.31 Å². The molecule has 6 nitrogen and oxygen atoms in total. The Kier molecular flexibility index (Phi) is 5.94. The fourth-order valence-corrected chi connectivity index (χ4v) is 4.14. The van der Waals surface area contributed by atoms with E-state index in [0.29, 0.717) is 13.1 Å². The number of carbonyl (C=O) groups is 1. The summed E-state index contributed by atoms with van der Waals surface area (Å²) >= 11 is 0. The Morgan fingerprint density at radius 3 is 2.75 bits per heavy atom. The van der Waals surface area contributed by atoms with E-state index in [9.17, 15) is 17.6 Å². The molecule has 0 spiro atoms. The summed E-state index contributed by atoms with van der Waals surface area (Å²) in [6.45, 7) is 0.885. The predicted octanol–water partition coefficient (Wildman–Crippen LogP) is 0.562. The molecule has 24 heavy (non-hydrogen) atoms. The molecule has 1 aliphatic rings. The molecule has 1 aromatic rings. The van der Waals surface area contributed by atoms with Crippen LogP contribution in [0.1, 0.15) is 10.4 Å². The van der Waals surface area contributed by atoms with Gasteiger partial charge in [-0.3, -0.25) is 4.90 Å². The molecule has 0 N–H and O–H groups in total. The molecule has 1 unspecified atom stereocenters. The minimum absolute atomic E-state index is 0.00289. The highest BCUT2D eigenvalue weighted by atomic mass is 32.2. The van der Waals surface area contributed by atoms with Crippen molar-refractivity contribution in [1.82, 2.24) is 9.21 Å². The summed E-state index contributed by atoms with van der Waals surface area (Å²) in [7, 11) is -1.56. The number of benzene rings is 1. The molecule has 0 aliphatic carbocycles. The standard InChI is InChI=1S/C16H19FN2O4S/c1-3-8-19-11-15(12-24(19,21)22)18(2)9-10-23-16(20)13-4-6-14(17)7-5-13/h1,4-7,15H,8-12H2,2H3. The second kappa shape index (κ2) is 7.75. The van der Waals surface area contributed by atoms with Crippen LogP contribution < -0.4 is 0 Å². The maximum Gasteiger partial charge on any atom is 0.338 e. The number of nitrogens with zero attached hydrogens (tertiary/aromatic N) is 2. The molecule has 0 aromatic heterocycles. The number of halogens is 1. The third-order valence-electron chi connectivity index (χ3n) is 3.86. The Hall–Kier alpha value is -1.95. The molecule has 1 fully saturated rings. The molecule has 1 atom stereocenters. The summed E-state index contributed by atoms with van der Waals surface area (Å²) < 4.78 is 43.1. The lowest BCUT2D eigenvalue weighted by Crippen LogP contribution is -2.38. The van der Waals surface area contributed by atoms with Gasteiger partial charge in [-0.1, -0.05) is 5.92 Å². The molecule has 0 radical (unpaired) electrons. The Labute approximate surface area is 141 Å². The highest BCUT2D eigenvalue weighted by molar-refractivity contribution is 7.89. The largest absolute Gasteiger partial charge is 0.461 e. The van der Waals surface area contributed by atoms with Gasteiger partial charge in [0.25, 0.3) is 0 Å². The lowest BCUT2D eigenvalue weighted by atomic mass is 10.2. The number of likely N-dealkylation sites (N-methyl/N-ethyl adjacent to an activating group) is 1. The molecule has 2 rings (SSSR count). The Morgan fingerprint density at radius 2 is 2.12 bits per heavy atom. The van der Waals surface area contributed by atoms with Crippen molar-refractivity contribution in [1.29, 1.82) is 0 Å². The van der Waals surface area contributed by atoms with Crippen molar-refractivity contribution in [2.24, 2.45) is 0 Å². The van der Waals surface area contributed by atoms with Gasteiger partial charge in [-0.05, 0) is 31.3 Å². The number of carbonyl (C=O) groups excluding carboxylic acids is 1. The zero-order valence-electron chi connectivity index (χ0n) is 13.3. The van der Waals surface area contributed by atoms with Crippen molar-refractivity contribution in [3.05, 3.63) is 35.6 Å². The minimum atomic E-state index is -3.33. The van der Waals surface area contributed by atoms with Crippen LogP contribution in [0.5, 0.6) is 0 Å². The molecule has 1 heterocycles. The second-order valence-electron chi connectivity index (χ2n) is 5.55. The summed E-state index contributed by atoms with van der Waals surface area (Å²) in [5.74, 6) is 1.36. The van der Waals surface area contributed by atoms with E-state index in [4.69, 9.17) is 11.2 Å². The lowest BCUT2D eigenvalue weighted by molar-refractivity contribution is 0.0458. The van der Waals surface area contributed by atoms with Crippen molar-refractivity contribution in [3.8, 4) is 12.3 Å². The van der Waals surface area contributed by atoms with E-state index >= 15 is 0 Å². The van der Waals surface area contributed by atoms with Gasteiger partial charge in [-0.25, -0.2) is 17.6 Å². The lowest BCUT2D eigenvalue weighted by Gasteiger charge is -2.22. The van der Waals surface area contributed by atoms with Gasteiger partial charge in [0.15, 0.2) is 0 Å². The van der Waals surface area contributed by atoms with Crippen LogP contribution in [0.25, 0.3) is 0 Å². The zero-order chi connectivity index (χ0) is 17.7. The van der Waals surface area contributed by atoms with Gasteiger partial charge in [0.05, 0.1) is 17.9 Å². The predicted molar refractivity (Wildman–Crippen MR) is 87.3 cm³/mol. The van der Waals surface area contributed by atoms with Gasteiger partial charge in [0.2, 0.25) is 10.0 Å². The number of ether oxygens (including phenoxy) is 1. The van der Waals surface area contributed by atoms with Crippen molar-refractivity contribution >= 4 is 16.0 Å². The van der Waals surface area contributed by atoms with Crippen molar-refractivity contribution in [2.75, 3.05) is 39.0 Å². The van der Waals surface area contributed by atoms with Crippen molar-refractivity contribution in [3.63, 3.8) is 0 Å². The van der Waals surface area contributed by atoms with Crippen LogP contribution in [-0.4, -0.2) is 68.7 Å². The molecule has 130 valence electrons. The van der Waals surface area contributed by atoms with Crippen LogP contribution in [0, 0.1) is 18.2 Å². The Bertz CT molecular complexity index is 727. The fourth-order valence-electron chi connectivity index (χ4n) is 2.42. The summed E-state index contributed by atoms with van der Waals surface area (Å²) in [6, 6.07) is 4.87. The van der Waals surface area contributed by atoms with Gasteiger partial charge >= 0.3 is 5.97 Å². The number of hydrogen-bond acceptors (Lipinski definition) is 5. The number of esters is 1. The third kappa shape index (κ3) is 4.54. The first-order valence-electron chi connectivity index (χ1n) is 7.37. The minimum Gasteiger partial charge on any atom is -0.461 e. The number of terminal acetylenes is 1. The molecule has 1 saturated heterocycles. The highest BCUT2D eigenvalue weighted by Crippen LogP contribution is 2.17. The normalized spacial score (nSPS) is 20.0. The zero-order valence-corrected chi connectivity index (χ0v) is 14.1. The average molecular weight is 354 g/mol. The Morgan fingerprint density at radius 1 is 1.46 bits per heavy atom. The van der Waals surface area contributed by atoms with Gasteiger partial charge < -0.3 is 4.74 Å². The number of hydrogen-bond donors (Lipinski definition) is 0. The van der Waals surface area contributed by atoms with E-state index in [1.165, 1.54) is 28.6 Å². The van der Waals surface area contributed by atoms with E-state index in [1.54, 1.807) is 7.05 Å². The topological polar surface area (TPSA) is 66.9 Å². The fraction of sp³-hybridized carbons (Fsp3) is 0.438.